The van der Waals surface area contributed by atoms with Gasteiger partial charge >= 0.3 is 0 Å². The van der Waals surface area contributed by atoms with Gasteiger partial charge in [-0.1, -0.05) is 26.5 Å². The summed E-state index contributed by atoms with van der Waals surface area (Å²) in [6, 6.07) is 7.28. The average Bonchev–Trinajstić information content (AvgIpc) is 2.69. The lowest BCUT2D eigenvalue weighted by Crippen LogP contribution is -2.37. The van der Waals surface area contributed by atoms with Gasteiger partial charge in [0, 0.05) is 27.4 Å². The number of hydrogen-bond acceptors (Lipinski definition) is 7. The van der Waals surface area contributed by atoms with E-state index < -0.39 is 0 Å². The Hall–Kier alpha value is -2.00. The maximum atomic E-state index is 10.0. The number of amides is 1. The highest BCUT2D eigenvalue weighted by Crippen LogP contribution is 2.09. The molecule has 1 aromatic carbocycles. The van der Waals surface area contributed by atoms with Gasteiger partial charge in [-0.2, -0.15) is 0 Å². The van der Waals surface area contributed by atoms with Crippen LogP contribution in [0.15, 0.2) is 24.3 Å². The molecular formula is C20H38N2O6. The number of nitrogens with one attached hydrogen (secondary N) is 2. The molecular weight excluding hydrogens is 364 g/mol. The first-order valence-corrected chi connectivity index (χ1v) is 9.13. The molecule has 0 spiro atoms. The Bertz CT molecular complexity index is 474. The molecule has 0 atom stereocenters. The van der Waals surface area contributed by atoms with Gasteiger partial charge in [-0.05, 0) is 30.5 Å². The third-order valence-electron chi connectivity index (χ3n) is 3.26. The van der Waals surface area contributed by atoms with Crippen LogP contribution in [0.25, 0.3) is 0 Å². The maximum absolute atomic E-state index is 10.0. The molecule has 1 aliphatic heterocycles. The van der Waals surface area contributed by atoms with Crippen LogP contribution in [-0.2, 0) is 25.5 Å². The minimum Gasteiger partial charge on any atom is -0.394 e. The molecule has 1 heterocycles. The zero-order valence-electron chi connectivity index (χ0n) is 16.0. The Balaban J connectivity index is -0.000000361. The van der Waals surface area contributed by atoms with Crippen molar-refractivity contribution in [3.8, 4) is 0 Å². The van der Waals surface area contributed by atoms with Crippen molar-refractivity contribution in [2.75, 3.05) is 45.1 Å². The monoisotopic (exact) mass is 402 g/mol. The van der Waals surface area contributed by atoms with Crippen LogP contribution in [0.3, 0.4) is 0 Å². The molecule has 8 heteroatoms. The number of ether oxygens (including phenoxy) is 2. The first-order valence-electron chi connectivity index (χ1n) is 9.13. The van der Waals surface area contributed by atoms with Crippen molar-refractivity contribution >= 4 is 17.9 Å². The van der Waals surface area contributed by atoms with Gasteiger partial charge in [0.25, 0.3) is 0 Å². The number of aliphatic hydroxyl groups is 1. The second kappa shape index (κ2) is 21.3. The van der Waals surface area contributed by atoms with Crippen molar-refractivity contribution in [1.29, 1.82) is 0 Å². The minimum atomic E-state index is 0. The molecule has 0 radical (unpaired) electrons. The van der Waals surface area contributed by atoms with E-state index in [9.17, 15) is 9.59 Å². The number of benzene rings is 1. The van der Waals surface area contributed by atoms with Crippen LogP contribution in [0.4, 0.5) is 5.69 Å². The number of carbonyl (C=O) groups is 2. The zero-order chi connectivity index (χ0) is 20.2. The van der Waals surface area contributed by atoms with Crippen LogP contribution in [0.2, 0.25) is 0 Å². The number of aldehydes is 1. The highest BCUT2D eigenvalue weighted by Gasteiger charge is 2.07. The second-order valence-electron chi connectivity index (χ2n) is 5.56. The van der Waals surface area contributed by atoms with E-state index in [0.29, 0.717) is 31.9 Å². The van der Waals surface area contributed by atoms with E-state index in [1.165, 1.54) is 0 Å². The van der Waals surface area contributed by atoms with Crippen LogP contribution in [-0.4, -0.2) is 62.1 Å². The van der Waals surface area contributed by atoms with Gasteiger partial charge in [-0.25, -0.2) is 0 Å². The third kappa shape index (κ3) is 17.4. The largest absolute Gasteiger partial charge is 0.394 e. The molecule has 0 aliphatic carbocycles. The molecule has 0 aromatic heterocycles. The second-order valence-corrected chi connectivity index (χ2v) is 5.56. The van der Waals surface area contributed by atoms with Crippen molar-refractivity contribution in [2.24, 2.45) is 0 Å². The molecule has 2 rings (SSSR count). The van der Waals surface area contributed by atoms with Crippen molar-refractivity contribution < 1.29 is 30.8 Å². The molecule has 1 aromatic rings. The summed E-state index contributed by atoms with van der Waals surface area (Å²) in [4.78, 5) is 19.8. The molecule has 28 heavy (non-hydrogen) atoms. The number of rotatable bonds is 11. The zero-order valence-corrected chi connectivity index (χ0v) is 16.0. The standard InChI is InChI=1S/C9H11NO2.C7H16O3.C3H5NO.CH4.H2/c11-7-1-2-8-3-5-9(10-12)6-4-8;1-2-4-9-6-7-10-5-3-8;5-3-1-2-4-3;;/h3-7,10,12H,1-2H2;8H,2-7H2,1H3;1-2H2,(H,4,5);1H4;1H. The van der Waals surface area contributed by atoms with Crippen LogP contribution < -0.4 is 10.8 Å². The van der Waals surface area contributed by atoms with E-state index in [0.717, 1.165) is 44.3 Å². The van der Waals surface area contributed by atoms with E-state index in [2.05, 4.69) is 12.2 Å². The fourth-order valence-corrected chi connectivity index (χ4v) is 1.73. The molecule has 1 fully saturated rings. The first-order chi connectivity index (χ1) is 13.2. The van der Waals surface area contributed by atoms with Crippen molar-refractivity contribution in [3.05, 3.63) is 29.8 Å². The predicted molar refractivity (Wildman–Crippen MR) is 112 cm³/mol. The first kappa shape index (κ1) is 28.2. The topological polar surface area (TPSA) is 117 Å². The van der Waals surface area contributed by atoms with Gasteiger partial charge in [0.15, 0.2) is 0 Å². The number of hydrogen-bond donors (Lipinski definition) is 4. The maximum Gasteiger partial charge on any atom is 0.221 e. The van der Waals surface area contributed by atoms with Gasteiger partial charge < -0.3 is 24.7 Å². The smallest absolute Gasteiger partial charge is 0.221 e. The van der Waals surface area contributed by atoms with E-state index in [-0.39, 0.29) is 21.4 Å². The lowest BCUT2D eigenvalue weighted by Gasteiger charge is -2.10. The number of aliphatic hydroxyl groups excluding tert-OH is 1. The molecule has 1 amide bonds. The molecule has 8 nitrogen and oxygen atoms in total. The number of β-lactam (4-membered cyclic amide) rings is 1. The molecule has 164 valence electrons. The summed E-state index contributed by atoms with van der Waals surface area (Å²) < 4.78 is 10.1. The highest BCUT2D eigenvalue weighted by atomic mass is 16.5. The van der Waals surface area contributed by atoms with Gasteiger partial charge in [0.1, 0.15) is 6.29 Å². The summed E-state index contributed by atoms with van der Waals surface area (Å²) in [5.41, 5.74) is 3.80. The van der Waals surface area contributed by atoms with Crippen molar-refractivity contribution in [1.82, 2.24) is 5.32 Å². The van der Waals surface area contributed by atoms with Crippen molar-refractivity contribution in [2.45, 2.75) is 40.0 Å². The Morgan fingerprint density at radius 1 is 1.18 bits per heavy atom. The summed E-state index contributed by atoms with van der Waals surface area (Å²) in [7, 11) is 0. The SMILES string of the molecule is C.CCCOCCOCCO.O=C1CCN1.O=CCCc1ccc(NO)cc1.[HH]. The average molecular weight is 403 g/mol. The van der Waals surface area contributed by atoms with Gasteiger partial charge in [0.2, 0.25) is 5.91 Å². The van der Waals surface area contributed by atoms with E-state index in [4.69, 9.17) is 19.8 Å². The van der Waals surface area contributed by atoms with Gasteiger partial charge in [-0.3, -0.25) is 15.5 Å². The fourth-order valence-electron chi connectivity index (χ4n) is 1.73. The molecule has 0 bridgehead atoms. The van der Waals surface area contributed by atoms with E-state index in [1.807, 2.05) is 17.6 Å². The summed E-state index contributed by atoms with van der Waals surface area (Å²) in [5.74, 6) is 0.185. The van der Waals surface area contributed by atoms with Crippen molar-refractivity contribution in [3.63, 3.8) is 0 Å². The lowest BCUT2D eigenvalue weighted by molar-refractivity contribution is -0.125. The number of aryl methyl sites for hydroxylation is 1. The Kier molecular flexibility index (Phi) is 21.5. The third-order valence-corrected chi connectivity index (χ3v) is 3.26. The molecule has 4 N–H and O–H groups in total. The Labute approximate surface area is 169 Å². The van der Waals surface area contributed by atoms with Gasteiger partial charge in [-0.15, -0.1) is 0 Å². The summed E-state index contributed by atoms with van der Waals surface area (Å²) in [6.45, 7) is 5.47. The summed E-state index contributed by atoms with van der Waals surface area (Å²) >= 11 is 0. The van der Waals surface area contributed by atoms with E-state index >= 15 is 0 Å². The molecule has 0 saturated carbocycles. The predicted octanol–water partition coefficient (Wildman–Crippen LogP) is 2.43. The molecule has 1 aliphatic rings. The quantitative estimate of drug-likeness (QED) is 0.194. The molecule has 1 saturated heterocycles. The summed E-state index contributed by atoms with van der Waals surface area (Å²) in [5, 5.41) is 19.4. The number of carbonyl (C=O) groups excluding carboxylic acids is 2. The van der Waals surface area contributed by atoms with Crippen LogP contribution >= 0.6 is 0 Å². The van der Waals surface area contributed by atoms with Crippen LogP contribution in [0.5, 0.6) is 0 Å². The fraction of sp³-hybridized carbons (Fsp3) is 0.600. The normalized spacial score (nSPS) is 11.3. The Morgan fingerprint density at radius 2 is 1.75 bits per heavy atom. The molecule has 0 unspecified atom stereocenters. The van der Waals surface area contributed by atoms with E-state index in [1.54, 1.807) is 12.1 Å². The minimum absolute atomic E-state index is 0. The lowest BCUT2D eigenvalue weighted by atomic mass is 10.1. The van der Waals surface area contributed by atoms with Crippen LogP contribution in [0, 0.1) is 0 Å². The number of anilines is 1. The van der Waals surface area contributed by atoms with Crippen LogP contribution in [0.1, 0.15) is 40.6 Å². The highest BCUT2D eigenvalue weighted by molar-refractivity contribution is 5.81. The summed E-state index contributed by atoms with van der Waals surface area (Å²) in [6.07, 6.45) is 3.99. The Morgan fingerprint density at radius 3 is 2.14 bits per heavy atom. The van der Waals surface area contributed by atoms with Gasteiger partial charge in [0.05, 0.1) is 32.1 Å².